The fourth-order valence-corrected chi connectivity index (χ4v) is 2.01. The minimum absolute atomic E-state index is 0. The molecule has 1 aliphatic carbocycles. The molecular formula is C18H30ClNO4. The molecule has 1 atom stereocenters. The monoisotopic (exact) mass is 359 g/mol. The van der Waals surface area contributed by atoms with Gasteiger partial charge in [0.2, 0.25) is 0 Å². The number of halogens is 1. The summed E-state index contributed by atoms with van der Waals surface area (Å²) in [4.78, 5) is 0. The third kappa shape index (κ3) is 9.33. The van der Waals surface area contributed by atoms with Gasteiger partial charge < -0.3 is 24.6 Å². The van der Waals surface area contributed by atoms with Crippen LogP contribution >= 0.6 is 12.4 Å². The van der Waals surface area contributed by atoms with Gasteiger partial charge in [-0.3, -0.25) is 0 Å². The van der Waals surface area contributed by atoms with Crippen LogP contribution in [-0.4, -0.2) is 50.2 Å². The minimum atomic E-state index is -0.517. The van der Waals surface area contributed by atoms with Crippen molar-refractivity contribution in [2.45, 2.75) is 38.8 Å². The summed E-state index contributed by atoms with van der Waals surface area (Å²) in [6.45, 7) is 6.95. The summed E-state index contributed by atoms with van der Waals surface area (Å²) in [7, 11) is 0. The Balaban J connectivity index is 0.00000288. The first-order valence-electron chi connectivity index (χ1n) is 8.48. The minimum Gasteiger partial charge on any atom is -0.491 e. The summed E-state index contributed by atoms with van der Waals surface area (Å²) in [6.07, 6.45) is 2.10. The molecule has 1 aromatic carbocycles. The van der Waals surface area contributed by atoms with E-state index >= 15 is 0 Å². The first kappa shape index (κ1) is 21.0. The molecule has 0 unspecified atom stereocenters. The molecule has 0 saturated heterocycles. The van der Waals surface area contributed by atoms with Gasteiger partial charge >= 0.3 is 0 Å². The zero-order valence-electron chi connectivity index (χ0n) is 14.6. The van der Waals surface area contributed by atoms with Crippen LogP contribution < -0.4 is 14.8 Å². The lowest BCUT2D eigenvalue weighted by Gasteiger charge is -2.15. The molecule has 2 rings (SSSR count). The van der Waals surface area contributed by atoms with Crippen molar-refractivity contribution in [2.75, 3.05) is 33.0 Å². The number of aliphatic hydroxyl groups is 1. The molecule has 0 heterocycles. The Bertz CT molecular complexity index is 437. The van der Waals surface area contributed by atoms with Crippen molar-refractivity contribution in [1.29, 1.82) is 0 Å². The summed E-state index contributed by atoms with van der Waals surface area (Å²) in [5.41, 5.74) is 0. The van der Waals surface area contributed by atoms with Crippen LogP contribution in [0, 0.1) is 5.92 Å². The van der Waals surface area contributed by atoms with Gasteiger partial charge in [0.05, 0.1) is 6.61 Å². The van der Waals surface area contributed by atoms with Crippen LogP contribution in [0.15, 0.2) is 24.3 Å². The summed E-state index contributed by atoms with van der Waals surface area (Å²) >= 11 is 0. The van der Waals surface area contributed by atoms with Crippen molar-refractivity contribution in [3.8, 4) is 11.5 Å². The molecular weight excluding hydrogens is 330 g/mol. The number of aliphatic hydroxyl groups excluding tert-OH is 1. The zero-order chi connectivity index (χ0) is 16.5. The maximum atomic E-state index is 9.80. The Kier molecular flexibility index (Phi) is 10.1. The number of hydrogen-bond donors (Lipinski definition) is 2. The zero-order valence-corrected chi connectivity index (χ0v) is 15.4. The third-order valence-corrected chi connectivity index (χ3v) is 3.57. The predicted molar refractivity (Wildman–Crippen MR) is 97.4 cm³/mol. The highest BCUT2D eigenvalue weighted by Crippen LogP contribution is 2.28. The summed E-state index contributed by atoms with van der Waals surface area (Å²) in [6, 6.07) is 7.80. The maximum absolute atomic E-state index is 9.80. The molecule has 5 nitrogen and oxygen atoms in total. The lowest BCUT2D eigenvalue weighted by Crippen LogP contribution is -2.35. The van der Waals surface area contributed by atoms with Crippen molar-refractivity contribution < 1.29 is 19.3 Å². The van der Waals surface area contributed by atoms with Gasteiger partial charge in [0.15, 0.2) is 0 Å². The highest BCUT2D eigenvalue weighted by atomic mass is 35.5. The molecule has 1 fully saturated rings. The SMILES string of the molecule is CC(C)NC[C@H](O)COc1ccc(OCCOCC2CC2)cc1.Cl. The Morgan fingerprint density at radius 3 is 2.29 bits per heavy atom. The molecule has 24 heavy (non-hydrogen) atoms. The maximum Gasteiger partial charge on any atom is 0.119 e. The van der Waals surface area contributed by atoms with E-state index in [0.29, 0.717) is 25.8 Å². The van der Waals surface area contributed by atoms with Crippen LogP contribution in [0.3, 0.4) is 0 Å². The molecule has 2 N–H and O–H groups in total. The molecule has 1 aliphatic rings. The third-order valence-electron chi connectivity index (χ3n) is 3.57. The van der Waals surface area contributed by atoms with Crippen LogP contribution in [0.25, 0.3) is 0 Å². The second-order valence-electron chi connectivity index (χ2n) is 6.37. The normalized spacial score (nSPS) is 15.0. The second-order valence-corrected chi connectivity index (χ2v) is 6.37. The molecule has 0 spiro atoms. The average molecular weight is 360 g/mol. The van der Waals surface area contributed by atoms with Gasteiger partial charge in [-0.1, -0.05) is 13.8 Å². The van der Waals surface area contributed by atoms with Crippen LogP contribution in [-0.2, 0) is 4.74 Å². The lowest BCUT2D eigenvalue weighted by atomic mass is 10.3. The molecule has 1 saturated carbocycles. The van der Waals surface area contributed by atoms with Crippen molar-refractivity contribution in [1.82, 2.24) is 5.32 Å². The van der Waals surface area contributed by atoms with Crippen LogP contribution in [0.2, 0.25) is 0 Å². The number of rotatable bonds is 12. The van der Waals surface area contributed by atoms with E-state index in [9.17, 15) is 5.11 Å². The van der Waals surface area contributed by atoms with Gasteiger partial charge in [-0.2, -0.15) is 0 Å². The number of hydrogen-bond acceptors (Lipinski definition) is 5. The fourth-order valence-electron chi connectivity index (χ4n) is 2.01. The van der Waals surface area contributed by atoms with Gasteiger partial charge in [0, 0.05) is 19.2 Å². The first-order valence-corrected chi connectivity index (χ1v) is 8.48. The quantitative estimate of drug-likeness (QED) is 0.562. The Hall–Kier alpha value is -1.01. The molecule has 138 valence electrons. The molecule has 0 aromatic heterocycles. The van der Waals surface area contributed by atoms with Crippen molar-refractivity contribution in [3.63, 3.8) is 0 Å². The number of benzene rings is 1. The molecule has 0 aliphatic heterocycles. The number of ether oxygens (including phenoxy) is 3. The van der Waals surface area contributed by atoms with E-state index in [1.165, 1.54) is 12.8 Å². The smallest absolute Gasteiger partial charge is 0.119 e. The highest BCUT2D eigenvalue weighted by Gasteiger charge is 2.20. The predicted octanol–water partition coefficient (Wildman–Crippen LogP) is 2.65. The average Bonchev–Trinajstić information content (AvgIpc) is 3.36. The molecule has 0 radical (unpaired) electrons. The Labute approximate surface area is 151 Å². The van der Waals surface area contributed by atoms with Crippen LogP contribution in [0.1, 0.15) is 26.7 Å². The summed E-state index contributed by atoms with van der Waals surface area (Å²) in [5.74, 6) is 2.32. The van der Waals surface area contributed by atoms with E-state index in [2.05, 4.69) is 5.32 Å². The standard InChI is InChI=1S/C18H29NO4.ClH/c1-14(2)19-11-16(20)13-23-18-7-5-17(6-8-18)22-10-9-21-12-15-3-4-15;/h5-8,14-16,19-20H,3-4,9-13H2,1-2H3;1H/t16-;/m0./s1. The van der Waals surface area contributed by atoms with Crippen molar-refractivity contribution in [2.24, 2.45) is 5.92 Å². The van der Waals surface area contributed by atoms with Gasteiger partial charge in [0.25, 0.3) is 0 Å². The van der Waals surface area contributed by atoms with Crippen molar-refractivity contribution >= 4 is 12.4 Å². The molecule has 6 heteroatoms. The first-order chi connectivity index (χ1) is 11.1. The van der Waals surface area contributed by atoms with Crippen molar-refractivity contribution in [3.05, 3.63) is 24.3 Å². The van der Waals surface area contributed by atoms with Gasteiger partial charge in [-0.15, -0.1) is 12.4 Å². The van der Waals surface area contributed by atoms with Crippen LogP contribution in [0.5, 0.6) is 11.5 Å². The fraction of sp³-hybridized carbons (Fsp3) is 0.667. The van der Waals surface area contributed by atoms with E-state index in [1.54, 1.807) is 0 Å². The van der Waals surface area contributed by atoms with Gasteiger partial charge in [-0.25, -0.2) is 0 Å². The van der Waals surface area contributed by atoms with Crippen LogP contribution in [0.4, 0.5) is 0 Å². The molecule has 0 bridgehead atoms. The largest absolute Gasteiger partial charge is 0.491 e. The molecule has 1 aromatic rings. The van der Waals surface area contributed by atoms with Gasteiger partial charge in [0.1, 0.15) is 30.8 Å². The Morgan fingerprint density at radius 1 is 1.08 bits per heavy atom. The lowest BCUT2D eigenvalue weighted by molar-refractivity contribution is 0.0925. The van der Waals surface area contributed by atoms with E-state index < -0.39 is 6.10 Å². The second kappa shape index (κ2) is 11.5. The summed E-state index contributed by atoms with van der Waals surface area (Å²) < 4.78 is 16.7. The van der Waals surface area contributed by atoms with E-state index in [1.807, 2.05) is 38.1 Å². The van der Waals surface area contributed by atoms with E-state index in [4.69, 9.17) is 14.2 Å². The van der Waals surface area contributed by atoms with E-state index in [0.717, 1.165) is 24.0 Å². The summed E-state index contributed by atoms with van der Waals surface area (Å²) in [5, 5.41) is 13.0. The van der Waals surface area contributed by atoms with E-state index in [-0.39, 0.29) is 19.0 Å². The number of nitrogens with one attached hydrogen (secondary N) is 1. The topological polar surface area (TPSA) is 60.0 Å². The molecule has 0 amide bonds. The Morgan fingerprint density at radius 2 is 1.71 bits per heavy atom. The van der Waals surface area contributed by atoms with Gasteiger partial charge in [-0.05, 0) is 43.0 Å². The highest BCUT2D eigenvalue weighted by molar-refractivity contribution is 5.85.